The number of halogens is 1. The molecule has 2 aromatic carbocycles. The molecule has 0 spiro atoms. The highest BCUT2D eigenvalue weighted by Crippen LogP contribution is 2.23. The van der Waals surface area contributed by atoms with Crippen LogP contribution in [-0.2, 0) is 16.1 Å². The summed E-state index contributed by atoms with van der Waals surface area (Å²) in [6.07, 6.45) is 1.81. The van der Waals surface area contributed by atoms with Crippen molar-refractivity contribution >= 4 is 17.4 Å². The molecule has 1 heterocycles. The van der Waals surface area contributed by atoms with Crippen LogP contribution in [0.4, 0.5) is 10.1 Å². The van der Waals surface area contributed by atoms with Crippen LogP contribution in [0.15, 0.2) is 53.5 Å². The van der Waals surface area contributed by atoms with Crippen LogP contribution in [0.5, 0.6) is 5.75 Å². The number of nitrogens with zero attached hydrogens (tertiary/aromatic N) is 2. The third kappa shape index (κ3) is 6.64. The topological polar surface area (TPSA) is 110 Å². The molecule has 0 saturated carbocycles. The predicted octanol–water partition coefficient (Wildman–Crippen LogP) is 3.76. The van der Waals surface area contributed by atoms with E-state index in [4.69, 9.17) is 9.47 Å². The van der Waals surface area contributed by atoms with Gasteiger partial charge in [0.05, 0.1) is 5.56 Å². The van der Waals surface area contributed by atoms with Crippen molar-refractivity contribution in [1.29, 1.82) is 5.26 Å². The molecule has 0 bridgehead atoms. The van der Waals surface area contributed by atoms with Crippen LogP contribution in [0.1, 0.15) is 39.0 Å². The number of aromatic nitrogens is 1. The quantitative estimate of drug-likeness (QED) is 0.342. The van der Waals surface area contributed by atoms with Gasteiger partial charge in [-0.1, -0.05) is 6.07 Å². The van der Waals surface area contributed by atoms with Gasteiger partial charge < -0.3 is 19.4 Å². The number of aryl methyl sites for hydroxylation is 3. The van der Waals surface area contributed by atoms with Gasteiger partial charge in [-0.15, -0.1) is 0 Å². The van der Waals surface area contributed by atoms with Gasteiger partial charge in [0, 0.05) is 37.7 Å². The number of nitrogens with one attached hydrogen (secondary N) is 1. The molecule has 0 aliphatic heterocycles. The first-order valence-electron chi connectivity index (χ1n) is 11.2. The molecule has 0 unspecified atom stereocenters. The fraction of sp³-hybridized carbons (Fsp3) is 0.259. The molecular formula is C27H26FN3O5. The minimum absolute atomic E-state index is 0.00684. The number of hydrogen-bond acceptors (Lipinski definition) is 6. The number of carbonyl (C=O) groups is 2. The summed E-state index contributed by atoms with van der Waals surface area (Å²) >= 11 is 0. The Bertz CT molecular complexity index is 1370. The van der Waals surface area contributed by atoms with E-state index < -0.39 is 29.7 Å². The predicted molar refractivity (Wildman–Crippen MR) is 132 cm³/mol. The lowest BCUT2D eigenvalue weighted by Gasteiger charge is -2.13. The zero-order valence-corrected chi connectivity index (χ0v) is 20.3. The van der Waals surface area contributed by atoms with Crippen LogP contribution in [0.25, 0.3) is 0 Å². The molecule has 1 aromatic heterocycles. The van der Waals surface area contributed by atoms with Crippen molar-refractivity contribution in [3.8, 4) is 11.8 Å². The van der Waals surface area contributed by atoms with Gasteiger partial charge in [0.1, 0.15) is 23.2 Å². The van der Waals surface area contributed by atoms with E-state index in [9.17, 15) is 24.0 Å². The van der Waals surface area contributed by atoms with Gasteiger partial charge in [-0.25, -0.2) is 4.39 Å². The maximum Gasteiger partial charge on any atom is 0.268 e. The van der Waals surface area contributed by atoms with Crippen LogP contribution in [0.2, 0.25) is 0 Å². The monoisotopic (exact) mass is 491 g/mol. The summed E-state index contributed by atoms with van der Waals surface area (Å²) in [5.41, 5.74) is 1.69. The molecular weight excluding hydrogens is 465 g/mol. The van der Waals surface area contributed by atoms with E-state index in [0.29, 0.717) is 18.7 Å². The van der Waals surface area contributed by atoms with Gasteiger partial charge in [0.15, 0.2) is 12.4 Å². The molecule has 0 fully saturated rings. The van der Waals surface area contributed by atoms with E-state index in [0.717, 1.165) is 23.3 Å². The van der Waals surface area contributed by atoms with Gasteiger partial charge in [0.25, 0.3) is 11.5 Å². The first kappa shape index (κ1) is 26.3. The highest BCUT2D eigenvalue weighted by Gasteiger charge is 2.20. The van der Waals surface area contributed by atoms with Crippen molar-refractivity contribution in [3.63, 3.8) is 0 Å². The molecule has 1 N–H and O–H groups in total. The van der Waals surface area contributed by atoms with Crippen molar-refractivity contribution in [2.24, 2.45) is 0 Å². The van der Waals surface area contributed by atoms with Crippen LogP contribution in [0.3, 0.4) is 0 Å². The third-order valence-corrected chi connectivity index (χ3v) is 5.27. The Morgan fingerprint density at radius 1 is 1.11 bits per heavy atom. The Morgan fingerprint density at radius 3 is 2.50 bits per heavy atom. The molecule has 186 valence electrons. The summed E-state index contributed by atoms with van der Waals surface area (Å²) in [5, 5.41) is 12.1. The van der Waals surface area contributed by atoms with Crippen molar-refractivity contribution < 1.29 is 23.5 Å². The minimum Gasteiger partial charge on any atom is -0.483 e. The minimum atomic E-state index is -0.681. The van der Waals surface area contributed by atoms with Crippen LogP contribution < -0.4 is 15.6 Å². The first-order valence-corrected chi connectivity index (χ1v) is 11.2. The number of ketones is 1. The summed E-state index contributed by atoms with van der Waals surface area (Å²) in [5.74, 6) is -1.80. The van der Waals surface area contributed by atoms with E-state index in [2.05, 4.69) is 5.32 Å². The summed E-state index contributed by atoms with van der Waals surface area (Å²) < 4.78 is 25.9. The molecule has 0 radical (unpaired) electrons. The van der Waals surface area contributed by atoms with Gasteiger partial charge in [-0.05, 0) is 67.8 Å². The van der Waals surface area contributed by atoms with Crippen molar-refractivity contribution in [3.05, 3.63) is 92.6 Å². The lowest BCUT2D eigenvalue weighted by atomic mass is 10.0. The Hall–Kier alpha value is -4.29. The molecule has 0 aliphatic rings. The van der Waals surface area contributed by atoms with Gasteiger partial charge in [-0.3, -0.25) is 14.4 Å². The van der Waals surface area contributed by atoms with E-state index in [-0.39, 0.29) is 29.0 Å². The summed E-state index contributed by atoms with van der Waals surface area (Å²) in [4.78, 5) is 38.2. The number of benzene rings is 2. The average molecular weight is 492 g/mol. The number of pyridine rings is 1. The number of hydrogen-bond donors (Lipinski definition) is 1. The standard InChI is InChI=1S/C27H26FN3O5/c1-17-9-18(2)11-22(10-17)30-25(32)16-36-24-6-5-21(28)13-23(24)26(33)20-12-19(14-29)27(34)31(15-20)7-4-8-35-3/h5-6,9-13,15H,4,7-8,16H2,1-3H3,(H,30,32). The lowest BCUT2D eigenvalue weighted by molar-refractivity contribution is -0.118. The van der Waals surface area contributed by atoms with Crippen LogP contribution in [0, 0.1) is 31.0 Å². The molecule has 3 aromatic rings. The highest BCUT2D eigenvalue weighted by atomic mass is 19.1. The Kier molecular flexibility index (Phi) is 8.71. The van der Waals surface area contributed by atoms with Crippen LogP contribution >= 0.6 is 0 Å². The second kappa shape index (κ2) is 11.9. The zero-order chi connectivity index (χ0) is 26.2. The molecule has 9 heteroatoms. The van der Waals surface area contributed by atoms with E-state index in [1.807, 2.05) is 32.0 Å². The molecule has 0 atom stereocenters. The molecule has 0 saturated heterocycles. The fourth-order valence-corrected chi connectivity index (χ4v) is 3.73. The fourth-order valence-electron chi connectivity index (χ4n) is 3.73. The highest BCUT2D eigenvalue weighted by molar-refractivity contribution is 6.10. The SMILES string of the molecule is COCCCn1cc(C(=O)c2cc(F)ccc2OCC(=O)Nc2cc(C)cc(C)c2)cc(C#N)c1=O. The first-order chi connectivity index (χ1) is 17.2. The normalized spacial score (nSPS) is 10.5. The number of rotatable bonds is 10. The van der Waals surface area contributed by atoms with Gasteiger partial charge >= 0.3 is 0 Å². The summed E-state index contributed by atoms with van der Waals surface area (Å²) in [6, 6.07) is 11.9. The Balaban J connectivity index is 1.84. The number of carbonyl (C=O) groups excluding carboxylic acids is 2. The van der Waals surface area contributed by atoms with E-state index >= 15 is 0 Å². The molecule has 3 rings (SSSR count). The third-order valence-electron chi connectivity index (χ3n) is 5.27. The van der Waals surface area contributed by atoms with Crippen molar-refractivity contribution in [2.75, 3.05) is 25.6 Å². The maximum absolute atomic E-state index is 14.1. The zero-order valence-electron chi connectivity index (χ0n) is 20.3. The number of methoxy groups -OCH3 is 1. The number of ether oxygens (including phenoxy) is 2. The lowest BCUT2D eigenvalue weighted by Crippen LogP contribution is -2.25. The molecule has 8 nitrogen and oxygen atoms in total. The largest absolute Gasteiger partial charge is 0.483 e. The number of anilines is 1. The number of amides is 1. The van der Waals surface area contributed by atoms with Gasteiger partial charge in [-0.2, -0.15) is 5.26 Å². The smallest absolute Gasteiger partial charge is 0.268 e. The maximum atomic E-state index is 14.1. The molecule has 36 heavy (non-hydrogen) atoms. The average Bonchev–Trinajstić information content (AvgIpc) is 2.83. The van der Waals surface area contributed by atoms with Gasteiger partial charge in [0.2, 0.25) is 0 Å². The van der Waals surface area contributed by atoms with Crippen LogP contribution in [-0.4, -0.2) is 36.6 Å². The summed E-state index contributed by atoms with van der Waals surface area (Å²) in [7, 11) is 1.52. The summed E-state index contributed by atoms with van der Waals surface area (Å²) in [6.45, 7) is 4.02. The Morgan fingerprint density at radius 2 is 1.83 bits per heavy atom. The Labute approximate surface area is 207 Å². The van der Waals surface area contributed by atoms with Crippen molar-refractivity contribution in [1.82, 2.24) is 4.57 Å². The van der Waals surface area contributed by atoms with E-state index in [1.165, 1.54) is 30.0 Å². The number of nitriles is 1. The molecule has 0 aliphatic carbocycles. The second-order valence-corrected chi connectivity index (χ2v) is 8.28. The van der Waals surface area contributed by atoms with E-state index in [1.54, 1.807) is 6.07 Å². The van der Waals surface area contributed by atoms with Crippen molar-refractivity contribution in [2.45, 2.75) is 26.8 Å². The second-order valence-electron chi connectivity index (χ2n) is 8.28. The molecule has 1 amide bonds.